The maximum Gasteiger partial charge on any atom is 0.152 e. The van der Waals surface area contributed by atoms with Crippen LogP contribution in [0.4, 0.5) is 11.4 Å². The highest BCUT2D eigenvalue weighted by atomic mass is 16.5. The molecule has 0 saturated heterocycles. The van der Waals surface area contributed by atoms with Crippen molar-refractivity contribution in [2.75, 3.05) is 4.90 Å². The van der Waals surface area contributed by atoms with Crippen molar-refractivity contribution in [3.63, 3.8) is 0 Å². The van der Waals surface area contributed by atoms with Crippen LogP contribution >= 0.6 is 0 Å². The summed E-state index contributed by atoms with van der Waals surface area (Å²) in [7, 11) is 0. The van der Waals surface area contributed by atoms with Crippen molar-refractivity contribution in [2.45, 2.75) is 18.6 Å². The van der Waals surface area contributed by atoms with Crippen LogP contribution in [0.25, 0.3) is 55.3 Å². The van der Waals surface area contributed by atoms with Gasteiger partial charge in [-0.25, -0.2) is 4.98 Å². The molecule has 0 spiro atoms. The van der Waals surface area contributed by atoms with Crippen LogP contribution < -0.4 is 9.64 Å². The van der Waals surface area contributed by atoms with Gasteiger partial charge in [0.15, 0.2) is 5.82 Å². The molecule has 4 heterocycles. The number of fused-ring (bicyclic) bond motifs is 11. The summed E-state index contributed by atoms with van der Waals surface area (Å²) in [6.07, 6.45) is 9.04. The molecule has 5 nitrogen and oxygen atoms in total. The number of anilines is 2. The van der Waals surface area contributed by atoms with Gasteiger partial charge in [-0.3, -0.25) is 4.57 Å². The zero-order valence-electron chi connectivity index (χ0n) is 26.6. The fourth-order valence-electron chi connectivity index (χ4n) is 8.37. The summed E-state index contributed by atoms with van der Waals surface area (Å²) >= 11 is 0. The van der Waals surface area contributed by atoms with Gasteiger partial charge in [0.25, 0.3) is 0 Å². The minimum Gasteiger partial charge on any atom is -0.483 e. The Morgan fingerprint density at radius 1 is 0.571 bits per heavy atom. The van der Waals surface area contributed by atoms with E-state index in [-0.39, 0.29) is 12.0 Å². The van der Waals surface area contributed by atoms with Crippen molar-refractivity contribution < 1.29 is 4.74 Å². The van der Waals surface area contributed by atoms with Crippen molar-refractivity contribution in [1.82, 2.24) is 14.1 Å². The Bertz CT molecular complexity index is 2700. The van der Waals surface area contributed by atoms with E-state index in [2.05, 4.69) is 166 Å². The molecule has 232 valence electrons. The second-order valence-electron chi connectivity index (χ2n) is 13.1. The number of hydrogen-bond acceptors (Lipinski definition) is 3. The average molecular weight is 631 g/mol. The lowest BCUT2D eigenvalue weighted by atomic mass is 9.89. The average Bonchev–Trinajstić information content (AvgIpc) is 3.82. The zero-order chi connectivity index (χ0) is 32.1. The number of imidazole rings is 1. The first-order valence-electron chi connectivity index (χ1n) is 16.9. The molecule has 3 aliphatic rings. The molecule has 5 heteroatoms. The maximum atomic E-state index is 6.33. The summed E-state index contributed by atoms with van der Waals surface area (Å²) in [6.45, 7) is 0.453. The molecule has 2 atom stereocenters. The van der Waals surface area contributed by atoms with Crippen molar-refractivity contribution in [1.29, 1.82) is 0 Å². The van der Waals surface area contributed by atoms with Gasteiger partial charge in [0.2, 0.25) is 0 Å². The van der Waals surface area contributed by atoms with E-state index in [1.807, 2.05) is 6.07 Å². The number of allylic oxidation sites excluding steroid dienone is 2. The molecule has 0 fully saturated rings. The molecule has 2 aromatic heterocycles. The normalized spacial score (nSPS) is 17.3. The molecule has 1 aliphatic carbocycles. The topological polar surface area (TPSA) is 35.2 Å². The van der Waals surface area contributed by atoms with Crippen LogP contribution in [0.15, 0.2) is 158 Å². The van der Waals surface area contributed by atoms with Gasteiger partial charge >= 0.3 is 0 Å². The quantitative estimate of drug-likeness (QED) is 0.195. The van der Waals surface area contributed by atoms with E-state index in [1.54, 1.807) is 0 Å². The molecule has 2 unspecified atom stereocenters. The summed E-state index contributed by atoms with van der Waals surface area (Å²) in [5.74, 6) is 2.07. The Balaban J connectivity index is 1.02. The zero-order valence-corrected chi connectivity index (χ0v) is 26.6. The monoisotopic (exact) mass is 630 g/mol. The molecule has 0 radical (unpaired) electrons. The number of para-hydroxylation sites is 4. The van der Waals surface area contributed by atoms with E-state index in [0.29, 0.717) is 6.61 Å². The standard InChI is InChI=1S/C44H30N4O/c1-2-10-30(11-3-1)46-37-15-7-4-12-32(37)34-24-28(18-21-39(34)46)29-19-22-40-35(25-29)33-13-5-8-16-38(33)47(40)31-20-23-42-43(26-31)49-27-44-45-36-14-6-9-17-41(36)48(42)44/h1-26,33,38H,27H2. The number of nitrogens with zero attached hydrogens (tertiary/aromatic N) is 4. The van der Waals surface area contributed by atoms with Crippen LogP contribution in [0.2, 0.25) is 0 Å². The van der Waals surface area contributed by atoms with Crippen LogP contribution in [-0.4, -0.2) is 20.2 Å². The number of aromatic nitrogens is 3. The third kappa shape index (κ3) is 3.84. The van der Waals surface area contributed by atoms with E-state index < -0.39 is 0 Å². The summed E-state index contributed by atoms with van der Waals surface area (Å²) in [6, 6.07) is 48.4. The summed E-state index contributed by atoms with van der Waals surface area (Å²) < 4.78 is 10.9. The van der Waals surface area contributed by atoms with Gasteiger partial charge in [0.1, 0.15) is 12.4 Å². The van der Waals surface area contributed by atoms with Gasteiger partial charge in [-0.1, -0.05) is 85.0 Å². The van der Waals surface area contributed by atoms with Crippen LogP contribution in [0, 0.1) is 0 Å². The third-order valence-corrected chi connectivity index (χ3v) is 10.5. The second-order valence-corrected chi connectivity index (χ2v) is 13.1. The maximum absolute atomic E-state index is 6.33. The van der Waals surface area contributed by atoms with Gasteiger partial charge in [-0.15, -0.1) is 0 Å². The Morgan fingerprint density at radius 3 is 2.27 bits per heavy atom. The number of benzene rings is 6. The fourth-order valence-corrected chi connectivity index (χ4v) is 8.37. The van der Waals surface area contributed by atoms with E-state index in [0.717, 1.165) is 34.0 Å². The second kappa shape index (κ2) is 10.1. The lowest BCUT2D eigenvalue weighted by molar-refractivity contribution is 0.281. The minimum absolute atomic E-state index is 0.188. The molecule has 0 saturated carbocycles. The summed E-state index contributed by atoms with van der Waals surface area (Å²) in [4.78, 5) is 7.30. The number of ether oxygens (including phenoxy) is 1. The lowest BCUT2D eigenvalue weighted by Crippen LogP contribution is -2.28. The lowest BCUT2D eigenvalue weighted by Gasteiger charge is -2.30. The predicted octanol–water partition coefficient (Wildman–Crippen LogP) is 10.4. The Kier molecular flexibility index (Phi) is 5.50. The smallest absolute Gasteiger partial charge is 0.152 e. The van der Waals surface area contributed by atoms with Crippen molar-refractivity contribution in [3.05, 3.63) is 169 Å². The highest BCUT2D eigenvalue weighted by Gasteiger charge is 2.38. The molecule has 0 amide bonds. The molecule has 0 bridgehead atoms. The van der Waals surface area contributed by atoms with E-state index >= 15 is 0 Å². The third-order valence-electron chi connectivity index (χ3n) is 10.5. The molecular formula is C44H30N4O. The van der Waals surface area contributed by atoms with E-state index in [1.165, 1.54) is 49.9 Å². The first kappa shape index (κ1) is 26.7. The van der Waals surface area contributed by atoms with Crippen LogP contribution in [-0.2, 0) is 6.61 Å². The molecule has 49 heavy (non-hydrogen) atoms. The van der Waals surface area contributed by atoms with Gasteiger partial charge in [-0.05, 0) is 83.4 Å². The Morgan fingerprint density at radius 2 is 1.33 bits per heavy atom. The van der Waals surface area contributed by atoms with Crippen LogP contribution in [0.5, 0.6) is 5.75 Å². The number of rotatable bonds is 3. The highest BCUT2D eigenvalue weighted by Crippen LogP contribution is 2.50. The Labute approximate surface area is 283 Å². The largest absolute Gasteiger partial charge is 0.483 e. The van der Waals surface area contributed by atoms with Gasteiger partial charge in [0, 0.05) is 39.8 Å². The Hall–Kier alpha value is -6.33. The summed E-state index contributed by atoms with van der Waals surface area (Å²) in [5, 5.41) is 2.53. The van der Waals surface area contributed by atoms with E-state index in [9.17, 15) is 0 Å². The first-order valence-corrected chi connectivity index (χ1v) is 16.9. The summed E-state index contributed by atoms with van der Waals surface area (Å²) in [5.41, 5.74) is 12.9. The molecule has 6 aromatic carbocycles. The van der Waals surface area contributed by atoms with Crippen molar-refractivity contribution >= 4 is 44.2 Å². The van der Waals surface area contributed by atoms with E-state index in [4.69, 9.17) is 9.72 Å². The van der Waals surface area contributed by atoms with Crippen molar-refractivity contribution in [3.8, 4) is 28.3 Å². The molecular weight excluding hydrogens is 601 g/mol. The van der Waals surface area contributed by atoms with Crippen LogP contribution in [0.1, 0.15) is 17.3 Å². The highest BCUT2D eigenvalue weighted by molar-refractivity contribution is 6.10. The first-order chi connectivity index (χ1) is 24.3. The predicted molar refractivity (Wildman–Crippen MR) is 199 cm³/mol. The minimum atomic E-state index is 0.188. The van der Waals surface area contributed by atoms with Gasteiger partial charge in [-0.2, -0.15) is 0 Å². The molecule has 0 N–H and O–H groups in total. The molecule has 11 rings (SSSR count). The van der Waals surface area contributed by atoms with Crippen molar-refractivity contribution in [2.24, 2.45) is 0 Å². The molecule has 8 aromatic rings. The van der Waals surface area contributed by atoms with Gasteiger partial charge in [0.05, 0.1) is 33.8 Å². The van der Waals surface area contributed by atoms with Gasteiger partial charge < -0.3 is 14.2 Å². The van der Waals surface area contributed by atoms with Crippen LogP contribution in [0.3, 0.4) is 0 Å². The fraction of sp³-hybridized carbons (Fsp3) is 0.0682. The number of hydrogen-bond donors (Lipinski definition) is 0. The SMILES string of the molecule is C1=CC2c3cc(-c4ccc5c(c4)c4ccccc4n5-c4ccccc4)ccc3N(c3ccc4c(c3)OCc3nc5ccccc5n3-4)C2C=C1. The molecule has 2 aliphatic heterocycles.